The minimum Gasteiger partial charge on any atom is -0.870 e. The zero-order chi connectivity index (χ0) is 9.68. The number of aromatic nitrogens is 1. The monoisotopic (exact) mass is 234 g/mol. The molecule has 3 N–H and O–H groups in total. The summed E-state index contributed by atoms with van der Waals surface area (Å²) in [6, 6.07) is 8.13. The molecule has 0 amide bonds. The van der Waals surface area contributed by atoms with Crippen molar-refractivity contribution in [3.63, 3.8) is 0 Å². The van der Waals surface area contributed by atoms with E-state index in [2.05, 4.69) is 11.1 Å². The Morgan fingerprint density at radius 2 is 1.86 bits per heavy atom. The van der Waals surface area contributed by atoms with Crippen LogP contribution in [0.4, 0.5) is 0 Å². The van der Waals surface area contributed by atoms with Crippen molar-refractivity contribution in [2.75, 3.05) is 0 Å². The Hall–Kier alpha value is -0.860. The van der Waals surface area contributed by atoms with Crippen LogP contribution in [0.5, 0.6) is 0 Å². The van der Waals surface area contributed by atoms with Crippen LogP contribution in [0.2, 0.25) is 0 Å². The van der Waals surface area contributed by atoms with Gasteiger partial charge >= 0.3 is 0 Å². The maximum Gasteiger partial charge on any atom is 0.299 e. The summed E-state index contributed by atoms with van der Waals surface area (Å²) in [5.74, 6) is 0. The van der Waals surface area contributed by atoms with Gasteiger partial charge in [0.1, 0.15) is 0 Å². The normalized spacial score (nSPS) is 9.07. The number of hydrogen-bond acceptors (Lipinski definition) is 4. The lowest BCUT2D eigenvalue weighted by Crippen LogP contribution is -1.74. The molecule has 7 heteroatoms. The molecular weight excluding hydrogens is 226 g/mol. The van der Waals surface area contributed by atoms with Gasteiger partial charge in [-0.05, 0) is 12.1 Å². The first kappa shape index (κ1) is 13.1. The lowest BCUT2D eigenvalue weighted by molar-refractivity contribution is 0.454. The molecule has 0 atom stereocenters. The fraction of sp³-hybridized carbons (Fsp3) is 0. The first-order chi connectivity index (χ1) is 6.20. The Bertz CT molecular complexity index is 369. The molecule has 0 saturated heterocycles. The molecule has 1 aromatic carbocycles. The van der Waals surface area contributed by atoms with Gasteiger partial charge in [0.25, 0.3) is 11.4 Å². The minimum absolute atomic E-state index is 0. The van der Waals surface area contributed by atoms with Crippen molar-refractivity contribution in [1.82, 2.24) is 4.98 Å². The Morgan fingerprint density at radius 1 is 1.29 bits per heavy atom. The van der Waals surface area contributed by atoms with Crippen LogP contribution in [0, 0.1) is 0 Å². The van der Waals surface area contributed by atoms with Crippen LogP contribution in [0.25, 0.3) is 10.2 Å². The zero-order valence-electron chi connectivity index (χ0n) is 6.90. The molecule has 0 aliphatic carbocycles. The Balaban J connectivity index is 0.000000299. The molecule has 1 aromatic heterocycles. The van der Waals surface area contributed by atoms with Gasteiger partial charge < -0.3 is 5.48 Å². The molecule has 0 bridgehead atoms. The van der Waals surface area contributed by atoms with E-state index in [-0.39, 0.29) is 5.48 Å². The fourth-order valence-electron chi connectivity index (χ4n) is 0.803. The maximum absolute atomic E-state index is 8.67. The summed E-state index contributed by atoms with van der Waals surface area (Å²) in [4.78, 5) is 4.14. The molecule has 2 aromatic rings. The molecule has 0 aliphatic heterocycles. The molecule has 0 fully saturated rings. The van der Waals surface area contributed by atoms with Crippen LogP contribution in [-0.2, 0) is 11.4 Å². The first-order valence-electron chi connectivity index (χ1n) is 3.28. The second kappa shape index (κ2) is 6.57. The van der Waals surface area contributed by atoms with Crippen molar-refractivity contribution >= 4 is 32.9 Å². The van der Waals surface area contributed by atoms with Crippen molar-refractivity contribution in [2.24, 2.45) is 0 Å². The number of nitrogens with zero attached hydrogens (tertiary/aromatic N) is 1. The second-order valence-electron chi connectivity index (χ2n) is 2.05. The van der Waals surface area contributed by atoms with Crippen LogP contribution in [0.15, 0.2) is 29.8 Å². The molecule has 0 radical (unpaired) electrons. The van der Waals surface area contributed by atoms with Crippen LogP contribution < -0.4 is 0 Å². The number of thiazole rings is 1. The predicted octanol–water partition coefficient (Wildman–Crippen LogP) is 1.80. The van der Waals surface area contributed by atoms with Crippen molar-refractivity contribution in [1.29, 1.82) is 0 Å². The summed E-state index contributed by atoms with van der Waals surface area (Å²) in [5.41, 5.74) is 2.97. The molecule has 1 heterocycles. The van der Waals surface area contributed by atoms with Crippen molar-refractivity contribution in [3.05, 3.63) is 29.8 Å². The molecule has 5 nitrogen and oxygen atoms in total. The predicted molar refractivity (Wildman–Crippen MR) is 55.0 cm³/mol. The number of para-hydroxylation sites is 1. The third kappa shape index (κ3) is 4.40. The molecule has 0 spiro atoms. The Kier molecular flexibility index (Phi) is 6.17. The maximum atomic E-state index is 8.67. The quantitative estimate of drug-likeness (QED) is 0.677. The van der Waals surface area contributed by atoms with E-state index in [1.165, 1.54) is 4.70 Å². The van der Waals surface area contributed by atoms with E-state index in [1.807, 2.05) is 23.7 Å². The van der Waals surface area contributed by atoms with Gasteiger partial charge in [-0.1, -0.05) is 12.1 Å². The van der Waals surface area contributed by atoms with Crippen LogP contribution in [-0.4, -0.2) is 23.8 Å². The Labute approximate surface area is 86.8 Å². The molecular formula is C7H8NO4S2-. The SMILES string of the molecule is O=S(O)O.[OH-].c1ccc2scnc2c1. The third-order valence-electron chi connectivity index (χ3n) is 1.24. The van der Waals surface area contributed by atoms with Gasteiger partial charge in [0, 0.05) is 0 Å². The van der Waals surface area contributed by atoms with Crippen LogP contribution in [0.1, 0.15) is 0 Å². The van der Waals surface area contributed by atoms with Gasteiger partial charge in [-0.3, -0.25) is 9.11 Å². The summed E-state index contributed by atoms with van der Waals surface area (Å²) in [6.45, 7) is 0. The standard InChI is InChI=1S/C7H5NS.H2O3S.H2O/c1-2-4-7-6(3-1)8-5-9-7;1-4(2)3;/h1-5H;(H2,1,2,3);1H2/p-1. The number of benzene rings is 1. The highest BCUT2D eigenvalue weighted by Crippen LogP contribution is 2.15. The van der Waals surface area contributed by atoms with Crippen LogP contribution in [0.3, 0.4) is 0 Å². The number of hydrogen-bond donors (Lipinski definition) is 2. The lowest BCUT2D eigenvalue weighted by Gasteiger charge is -1.80. The summed E-state index contributed by atoms with van der Waals surface area (Å²) >= 11 is -0.935. The van der Waals surface area contributed by atoms with Gasteiger partial charge in [-0.25, -0.2) is 4.98 Å². The highest BCUT2D eigenvalue weighted by atomic mass is 32.2. The molecule has 2 rings (SSSR count). The van der Waals surface area contributed by atoms with E-state index in [0.717, 1.165) is 5.52 Å². The van der Waals surface area contributed by atoms with E-state index in [4.69, 9.17) is 13.3 Å². The van der Waals surface area contributed by atoms with Gasteiger partial charge in [-0.2, -0.15) is 4.21 Å². The molecule has 0 saturated carbocycles. The lowest BCUT2D eigenvalue weighted by atomic mass is 10.3. The van der Waals surface area contributed by atoms with Gasteiger partial charge in [0.2, 0.25) is 0 Å². The molecule has 0 aliphatic rings. The number of fused-ring (bicyclic) bond motifs is 1. The van der Waals surface area contributed by atoms with Crippen molar-refractivity contribution in [2.45, 2.75) is 0 Å². The summed E-state index contributed by atoms with van der Waals surface area (Å²) < 4.78 is 24.1. The van der Waals surface area contributed by atoms with E-state index < -0.39 is 11.4 Å². The third-order valence-corrected chi connectivity index (χ3v) is 2.05. The topological polar surface area (TPSA) is 100 Å². The fourth-order valence-corrected chi connectivity index (χ4v) is 1.48. The highest BCUT2D eigenvalue weighted by molar-refractivity contribution is 7.73. The van der Waals surface area contributed by atoms with Crippen LogP contribution >= 0.6 is 11.3 Å². The molecule has 14 heavy (non-hydrogen) atoms. The van der Waals surface area contributed by atoms with Crippen molar-refractivity contribution < 1.29 is 18.8 Å². The van der Waals surface area contributed by atoms with E-state index in [1.54, 1.807) is 11.3 Å². The molecule has 78 valence electrons. The van der Waals surface area contributed by atoms with E-state index >= 15 is 0 Å². The highest BCUT2D eigenvalue weighted by Gasteiger charge is 1.89. The summed E-state index contributed by atoms with van der Waals surface area (Å²) in [6.07, 6.45) is 0. The van der Waals surface area contributed by atoms with Gasteiger partial charge in [0.05, 0.1) is 15.7 Å². The van der Waals surface area contributed by atoms with E-state index in [9.17, 15) is 0 Å². The zero-order valence-corrected chi connectivity index (χ0v) is 8.53. The average Bonchev–Trinajstić information content (AvgIpc) is 2.49. The smallest absolute Gasteiger partial charge is 0.299 e. The molecule has 0 unspecified atom stereocenters. The first-order valence-corrected chi connectivity index (χ1v) is 5.22. The van der Waals surface area contributed by atoms with Gasteiger partial charge in [-0.15, -0.1) is 11.3 Å². The minimum atomic E-state index is -2.61. The largest absolute Gasteiger partial charge is 0.870 e. The summed E-state index contributed by atoms with van der Waals surface area (Å²) in [5, 5.41) is 0. The average molecular weight is 234 g/mol. The Morgan fingerprint density at radius 3 is 2.43 bits per heavy atom. The van der Waals surface area contributed by atoms with Gasteiger partial charge in [0.15, 0.2) is 0 Å². The van der Waals surface area contributed by atoms with E-state index in [0.29, 0.717) is 0 Å². The summed E-state index contributed by atoms with van der Waals surface area (Å²) in [7, 11) is 0. The van der Waals surface area contributed by atoms with Crippen molar-refractivity contribution in [3.8, 4) is 0 Å². The number of rotatable bonds is 0. The second-order valence-corrected chi connectivity index (χ2v) is 3.40.